The lowest BCUT2D eigenvalue weighted by Gasteiger charge is -2.41. The molecule has 48 heavy (non-hydrogen) atoms. The van der Waals surface area contributed by atoms with Crippen LogP contribution in [-0.4, -0.2) is 38.9 Å². The van der Waals surface area contributed by atoms with Crippen LogP contribution in [0.4, 0.5) is 0 Å². The summed E-state index contributed by atoms with van der Waals surface area (Å²) in [7, 11) is 0. The van der Waals surface area contributed by atoms with Crippen molar-refractivity contribution in [3.8, 4) is 11.1 Å². The van der Waals surface area contributed by atoms with Crippen LogP contribution in [0.25, 0.3) is 11.1 Å². The van der Waals surface area contributed by atoms with Gasteiger partial charge < -0.3 is 25.0 Å². The summed E-state index contributed by atoms with van der Waals surface area (Å²) in [4.78, 5) is 28.8. The summed E-state index contributed by atoms with van der Waals surface area (Å²) in [6.45, 7) is 2.41. The monoisotopic (exact) mass is 660 g/mol. The largest absolute Gasteiger partial charge is 0.478 e. The first-order valence-corrected chi connectivity index (χ1v) is 16.7. The van der Waals surface area contributed by atoms with Crippen molar-refractivity contribution < 1.29 is 29.3 Å². The second kappa shape index (κ2) is 15.4. The van der Waals surface area contributed by atoms with Crippen molar-refractivity contribution in [2.24, 2.45) is 5.92 Å². The number of carboxylic acid groups (broad SMARTS) is 1. The number of aliphatic hydroxyl groups excluding tert-OH is 1. The van der Waals surface area contributed by atoms with E-state index >= 15 is 0 Å². The normalized spacial score (nSPS) is 19.0. The third kappa shape index (κ3) is 7.67. The molecule has 2 heterocycles. The number of pyridine rings is 1. The fraction of sp³-hybridized carbons (Fsp3) is 0.205. The summed E-state index contributed by atoms with van der Waals surface area (Å²) >= 11 is 1.36. The zero-order valence-electron chi connectivity index (χ0n) is 26.4. The Balaban J connectivity index is 1.22. The van der Waals surface area contributed by atoms with Gasteiger partial charge in [0.15, 0.2) is 6.29 Å². The number of hydrogen-bond acceptors (Lipinski definition) is 7. The number of aliphatic hydroxyl groups is 1. The molecule has 1 aliphatic rings. The molecule has 3 N–H and O–H groups in total. The minimum atomic E-state index is -1.02. The Morgan fingerprint density at radius 2 is 1.54 bits per heavy atom. The minimum Gasteiger partial charge on any atom is -0.478 e. The Kier molecular flexibility index (Phi) is 10.6. The van der Waals surface area contributed by atoms with Crippen molar-refractivity contribution in [1.29, 1.82) is 0 Å². The molecule has 4 aromatic carbocycles. The average Bonchev–Trinajstić information content (AvgIpc) is 3.14. The SMILES string of the molecule is C[C@H]1[C@@H](CSc2ncccc2C(=O)O)O[C@@H](c2ccc(-c3ccccc3CNC(=O)c3ccccc3)cc2)O[C@H]1c1ccc(CO)cc1. The molecule has 1 amide bonds. The highest BCUT2D eigenvalue weighted by molar-refractivity contribution is 7.99. The molecule has 0 bridgehead atoms. The lowest BCUT2D eigenvalue weighted by Crippen LogP contribution is -2.38. The van der Waals surface area contributed by atoms with Crippen LogP contribution < -0.4 is 5.32 Å². The van der Waals surface area contributed by atoms with E-state index in [0.29, 0.717) is 22.9 Å². The molecule has 4 atom stereocenters. The molecule has 1 aliphatic heterocycles. The van der Waals surface area contributed by atoms with E-state index < -0.39 is 12.3 Å². The van der Waals surface area contributed by atoms with Crippen LogP contribution in [0.5, 0.6) is 0 Å². The standard InChI is InChI=1S/C39H36N2O6S/c1-25-34(24-48-37-33(38(44)45)12-7-21-40-37)46-39(47-35(25)28-15-13-26(23-42)14-16-28)30-19-17-27(18-20-30)32-11-6-5-10-31(32)22-41-36(43)29-8-3-2-4-9-29/h2-21,25,34-35,39,42H,22-24H2,1H3,(H,41,43)(H,44,45)/t25-,34+,35+,39+/m0/s1. The molecule has 9 heteroatoms. The maximum absolute atomic E-state index is 12.7. The summed E-state index contributed by atoms with van der Waals surface area (Å²) in [5.74, 6) is -0.740. The van der Waals surface area contributed by atoms with Gasteiger partial charge in [-0.25, -0.2) is 9.78 Å². The van der Waals surface area contributed by atoms with Gasteiger partial charge in [0.25, 0.3) is 5.91 Å². The number of benzene rings is 4. The van der Waals surface area contributed by atoms with Crippen LogP contribution in [-0.2, 0) is 22.6 Å². The van der Waals surface area contributed by atoms with Gasteiger partial charge in [-0.1, -0.05) is 97.9 Å². The molecule has 0 aliphatic carbocycles. The van der Waals surface area contributed by atoms with E-state index in [9.17, 15) is 19.8 Å². The number of hydrogen-bond donors (Lipinski definition) is 3. The van der Waals surface area contributed by atoms with Gasteiger partial charge in [0.2, 0.25) is 0 Å². The van der Waals surface area contributed by atoms with Crippen LogP contribution >= 0.6 is 11.8 Å². The summed E-state index contributed by atoms with van der Waals surface area (Å²) < 4.78 is 13.2. The highest BCUT2D eigenvalue weighted by Gasteiger charge is 2.38. The molecule has 1 fully saturated rings. The van der Waals surface area contributed by atoms with Crippen molar-refractivity contribution in [2.75, 3.05) is 5.75 Å². The molecular formula is C39H36N2O6S. The Hall–Kier alpha value is -4.80. The fourth-order valence-corrected chi connectivity index (χ4v) is 6.93. The van der Waals surface area contributed by atoms with Crippen molar-refractivity contribution in [2.45, 2.75) is 43.6 Å². The molecule has 1 saturated heterocycles. The second-order valence-electron chi connectivity index (χ2n) is 11.6. The Morgan fingerprint density at radius 1 is 0.833 bits per heavy atom. The van der Waals surface area contributed by atoms with Gasteiger partial charge in [-0.05, 0) is 52.1 Å². The number of amides is 1. The van der Waals surface area contributed by atoms with E-state index in [1.165, 1.54) is 11.8 Å². The van der Waals surface area contributed by atoms with Gasteiger partial charge in [0.1, 0.15) is 5.03 Å². The number of carboxylic acids is 1. The number of carbonyl (C=O) groups excluding carboxylic acids is 1. The number of aromatic carboxylic acids is 1. The average molecular weight is 661 g/mol. The summed E-state index contributed by atoms with van der Waals surface area (Å²) in [6.07, 6.45) is 0.326. The van der Waals surface area contributed by atoms with Gasteiger partial charge >= 0.3 is 5.97 Å². The maximum atomic E-state index is 12.7. The van der Waals surface area contributed by atoms with Crippen LogP contribution in [0.1, 0.15) is 62.3 Å². The number of nitrogens with one attached hydrogen (secondary N) is 1. The predicted octanol–water partition coefficient (Wildman–Crippen LogP) is 7.45. The van der Waals surface area contributed by atoms with Gasteiger partial charge in [-0.3, -0.25) is 4.79 Å². The molecule has 1 aromatic heterocycles. The first-order chi connectivity index (χ1) is 23.4. The van der Waals surface area contributed by atoms with Gasteiger partial charge in [-0.15, -0.1) is 11.8 Å². The van der Waals surface area contributed by atoms with Crippen LogP contribution in [0.3, 0.4) is 0 Å². The molecule has 0 saturated carbocycles. The third-order valence-electron chi connectivity index (χ3n) is 8.50. The van der Waals surface area contributed by atoms with Crippen molar-refractivity contribution in [3.05, 3.63) is 155 Å². The third-order valence-corrected chi connectivity index (χ3v) is 9.59. The highest BCUT2D eigenvalue weighted by atomic mass is 32.2. The van der Waals surface area contributed by atoms with Gasteiger partial charge in [0, 0.05) is 35.5 Å². The summed E-state index contributed by atoms with van der Waals surface area (Å²) in [6, 6.07) is 36.1. The molecule has 244 valence electrons. The Morgan fingerprint density at radius 3 is 2.27 bits per heavy atom. The first kappa shape index (κ1) is 33.1. The zero-order chi connectivity index (χ0) is 33.5. The lowest BCUT2D eigenvalue weighted by molar-refractivity contribution is -0.268. The van der Waals surface area contributed by atoms with Crippen LogP contribution in [0, 0.1) is 5.92 Å². The topological polar surface area (TPSA) is 118 Å². The molecule has 0 spiro atoms. The first-order valence-electron chi connectivity index (χ1n) is 15.7. The molecule has 6 rings (SSSR count). The van der Waals surface area contributed by atoms with Gasteiger partial charge in [-0.2, -0.15) is 0 Å². The Bertz CT molecular complexity index is 1850. The molecular weight excluding hydrogens is 625 g/mol. The molecule has 8 nitrogen and oxygen atoms in total. The second-order valence-corrected chi connectivity index (χ2v) is 12.6. The molecule has 0 unspecified atom stereocenters. The maximum Gasteiger partial charge on any atom is 0.338 e. The van der Waals surface area contributed by atoms with Crippen molar-refractivity contribution in [1.82, 2.24) is 10.3 Å². The van der Waals surface area contributed by atoms with Crippen molar-refractivity contribution in [3.63, 3.8) is 0 Å². The fourth-order valence-electron chi connectivity index (χ4n) is 5.78. The van der Waals surface area contributed by atoms with E-state index in [2.05, 4.69) is 17.2 Å². The predicted molar refractivity (Wildman–Crippen MR) is 184 cm³/mol. The molecule has 5 aromatic rings. The van der Waals surface area contributed by atoms with Crippen molar-refractivity contribution >= 4 is 23.6 Å². The number of aromatic nitrogens is 1. The number of nitrogens with zero attached hydrogens (tertiary/aromatic N) is 1. The van der Waals surface area contributed by atoms with E-state index in [-0.39, 0.29) is 36.2 Å². The number of carbonyl (C=O) groups is 2. The number of ether oxygens (including phenoxy) is 2. The van der Waals surface area contributed by atoms with E-state index in [1.54, 1.807) is 30.5 Å². The quantitative estimate of drug-likeness (QED) is 0.125. The lowest BCUT2D eigenvalue weighted by atomic mass is 9.91. The highest BCUT2D eigenvalue weighted by Crippen LogP contribution is 2.43. The zero-order valence-corrected chi connectivity index (χ0v) is 27.2. The van der Waals surface area contributed by atoms with E-state index in [0.717, 1.165) is 33.4 Å². The Labute approximate surface area is 283 Å². The summed E-state index contributed by atoms with van der Waals surface area (Å²) in [5.41, 5.74) is 6.39. The smallest absolute Gasteiger partial charge is 0.338 e. The summed E-state index contributed by atoms with van der Waals surface area (Å²) in [5, 5.41) is 22.7. The minimum absolute atomic E-state index is 0.0444. The van der Waals surface area contributed by atoms with E-state index in [1.807, 2.05) is 91.0 Å². The number of thioether (sulfide) groups is 1. The number of rotatable bonds is 11. The molecule has 0 radical (unpaired) electrons. The van der Waals surface area contributed by atoms with E-state index in [4.69, 9.17) is 9.47 Å². The van der Waals surface area contributed by atoms with Crippen LogP contribution in [0.2, 0.25) is 0 Å². The van der Waals surface area contributed by atoms with Crippen LogP contribution in [0.15, 0.2) is 126 Å². The van der Waals surface area contributed by atoms with Gasteiger partial charge in [0.05, 0.1) is 24.4 Å².